The van der Waals surface area contributed by atoms with Crippen molar-refractivity contribution in [3.8, 4) is 28.6 Å². The summed E-state index contributed by atoms with van der Waals surface area (Å²) in [6.07, 6.45) is 5.62. The van der Waals surface area contributed by atoms with Crippen molar-refractivity contribution in [1.29, 1.82) is 0 Å². The van der Waals surface area contributed by atoms with Crippen molar-refractivity contribution in [2.45, 2.75) is 25.3 Å². The number of carbonyl (C=O) groups excluding carboxylic acids is 1. The fourth-order valence-corrected chi connectivity index (χ4v) is 5.06. The second-order valence-corrected chi connectivity index (χ2v) is 10.2. The summed E-state index contributed by atoms with van der Waals surface area (Å²) in [4.78, 5) is 25.9. The van der Waals surface area contributed by atoms with Gasteiger partial charge in [0.1, 0.15) is 17.0 Å². The van der Waals surface area contributed by atoms with E-state index in [4.69, 9.17) is 52.1 Å². The van der Waals surface area contributed by atoms with Crippen molar-refractivity contribution in [1.82, 2.24) is 15.0 Å². The highest BCUT2D eigenvalue weighted by Gasteiger charge is 2.30. The molecule has 0 amide bonds. The molecule has 11 heteroatoms. The van der Waals surface area contributed by atoms with Gasteiger partial charge in [-0.05, 0) is 30.9 Å². The summed E-state index contributed by atoms with van der Waals surface area (Å²) in [7, 11) is 3.04. The normalized spacial score (nSPS) is 18.8. The first-order valence-electron chi connectivity index (χ1n) is 12.3. The van der Waals surface area contributed by atoms with Gasteiger partial charge in [0.05, 0.1) is 55.8 Å². The lowest BCUT2D eigenvalue weighted by molar-refractivity contribution is -0.115. The summed E-state index contributed by atoms with van der Waals surface area (Å²) in [5, 5.41) is 4.62. The van der Waals surface area contributed by atoms with E-state index in [2.05, 4.69) is 16.9 Å². The monoisotopic (exact) mass is 558 g/mol. The Balaban J connectivity index is 1.54. The predicted octanol–water partition coefficient (Wildman–Crippen LogP) is 5.38. The van der Waals surface area contributed by atoms with Crippen LogP contribution in [0.1, 0.15) is 19.3 Å². The number of allylic oxidation sites excluding steroid dienone is 1. The molecule has 2 aromatic heterocycles. The molecule has 5 rings (SSSR count). The molecule has 38 heavy (non-hydrogen) atoms. The van der Waals surface area contributed by atoms with E-state index in [9.17, 15) is 4.79 Å². The molecule has 0 bridgehead atoms. The maximum atomic E-state index is 11.9. The maximum absolute atomic E-state index is 11.9. The van der Waals surface area contributed by atoms with Crippen molar-refractivity contribution in [2.24, 2.45) is 11.8 Å². The van der Waals surface area contributed by atoms with E-state index >= 15 is 0 Å². The van der Waals surface area contributed by atoms with Crippen LogP contribution in [0.15, 0.2) is 31.0 Å². The molecule has 2 fully saturated rings. The number of hydrogen-bond donors (Lipinski definition) is 1. The number of methoxy groups -OCH3 is 2. The standard InChI is InChI=1S/C27H28Cl2N4O5/c1-4-17(34)7-16-12-37-13-19(16)32-27-30-10-15-8-18(31-26(25(15)33-27)38-11-14-5-6-14)22-23(28)20(35-2)9-21(36-3)24(22)29/h4,8-10,14,16,19H,1,5-7,11-13H2,2-3H3,(H,30,32,33)/t16-,19+/m0/s1. The predicted molar refractivity (Wildman–Crippen MR) is 146 cm³/mol. The van der Waals surface area contributed by atoms with Crippen LogP contribution in [-0.2, 0) is 9.53 Å². The summed E-state index contributed by atoms with van der Waals surface area (Å²) in [5.74, 6) is 2.04. The molecule has 1 saturated carbocycles. The number of rotatable bonds is 11. The molecule has 1 N–H and O–H groups in total. The Labute approximate surface area is 230 Å². The number of fused-ring (bicyclic) bond motifs is 1. The van der Waals surface area contributed by atoms with Crippen molar-refractivity contribution in [3.05, 3.63) is 41.0 Å². The highest BCUT2D eigenvalue weighted by Crippen LogP contribution is 2.46. The highest BCUT2D eigenvalue weighted by atomic mass is 35.5. The second-order valence-electron chi connectivity index (χ2n) is 9.41. The van der Waals surface area contributed by atoms with Gasteiger partial charge in [0.25, 0.3) is 0 Å². The Morgan fingerprint density at radius 3 is 2.55 bits per heavy atom. The van der Waals surface area contributed by atoms with Crippen molar-refractivity contribution < 1.29 is 23.7 Å². The lowest BCUT2D eigenvalue weighted by atomic mass is 9.97. The van der Waals surface area contributed by atoms with Gasteiger partial charge in [-0.15, -0.1) is 0 Å². The van der Waals surface area contributed by atoms with Crippen LogP contribution < -0.4 is 19.5 Å². The zero-order chi connectivity index (χ0) is 26.8. The van der Waals surface area contributed by atoms with Crippen molar-refractivity contribution in [2.75, 3.05) is 39.4 Å². The van der Waals surface area contributed by atoms with Gasteiger partial charge >= 0.3 is 0 Å². The minimum atomic E-state index is -0.110. The fraction of sp³-hybridized carbons (Fsp3) is 0.407. The van der Waals surface area contributed by atoms with Crippen LogP contribution in [0.3, 0.4) is 0 Å². The fourth-order valence-electron chi connectivity index (χ4n) is 4.37. The number of nitrogens with zero attached hydrogens (tertiary/aromatic N) is 3. The molecular formula is C27H28Cl2N4O5. The lowest BCUT2D eigenvalue weighted by Crippen LogP contribution is -2.30. The number of halogens is 2. The molecule has 2 aliphatic rings. The number of ether oxygens (including phenoxy) is 4. The molecule has 1 aliphatic carbocycles. The minimum absolute atomic E-state index is 0.00166. The molecule has 2 atom stereocenters. The number of aromatic nitrogens is 3. The first-order valence-corrected chi connectivity index (χ1v) is 13.1. The SMILES string of the molecule is C=CC(=O)C[C@H]1COC[C@H]1Nc1ncc2cc(-c3c(Cl)c(OC)cc(OC)c3Cl)nc(OCC3CC3)c2n1. The van der Waals surface area contributed by atoms with Crippen LogP contribution in [0.2, 0.25) is 10.0 Å². The molecule has 3 heterocycles. The highest BCUT2D eigenvalue weighted by molar-refractivity contribution is 6.41. The average molecular weight is 559 g/mol. The molecule has 1 aliphatic heterocycles. The summed E-state index contributed by atoms with van der Waals surface area (Å²) < 4.78 is 22.6. The smallest absolute Gasteiger partial charge is 0.241 e. The number of hydrogen-bond acceptors (Lipinski definition) is 9. The van der Waals surface area contributed by atoms with Crippen molar-refractivity contribution in [3.63, 3.8) is 0 Å². The molecule has 0 unspecified atom stereocenters. The Hall–Kier alpha value is -3.14. The number of benzene rings is 1. The van der Waals surface area contributed by atoms with E-state index in [0.29, 0.717) is 87.7 Å². The molecule has 0 spiro atoms. The number of nitrogens with one attached hydrogen (secondary N) is 1. The summed E-state index contributed by atoms with van der Waals surface area (Å²) >= 11 is 13.3. The van der Waals surface area contributed by atoms with E-state index in [0.717, 1.165) is 12.8 Å². The molecule has 200 valence electrons. The van der Waals surface area contributed by atoms with Gasteiger partial charge in [-0.3, -0.25) is 4.79 Å². The third kappa shape index (κ3) is 5.50. The molecule has 0 radical (unpaired) electrons. The van der Waals surface area contributed by atoms with Crippen LogP contribution in [0.4, 0.5) is 5.95 Å². The van der Waals surface area contributed by atoms with Crippen LogP contribution in [0.5, 0.6) is 17.4 Å². The van der Waals surface area contributed by atoms with E-state index < -0.39 is 0 Å². The van der Waals surface area contributed by atoms with Crippen LogP contribution in [0, 0.1) is 11.8 Å². The lowest BCUT2D eigenvalue weighted by Gasteiger charge is -2.19. The van der Waals surface area contributed by atoms with Gasteiger partial charge in [0.15, 0.2) is 5.78 Å². The van der Waals surface area contributed by atoms with Gasteiger partial charge in [0.2, 0.25) is 11.8 Å². The third-order valence-electron chi connectivity index (χ3n) is 6.72. The van der Waals surface area contributed by atoms with E-state index in [1.165, 1.54) is 20.3 Å². The summed E-state index contributed by atoms with van der Waals surface area (Å²) in [5.41, 5.74) is 1.49. The third-order valence-corrected chi connectivity index (χ3v) is 7.47. The Morgan fingerprint density at radius 2 is 1.89 bits per heavy atom. The summed E-state index contributed by atoms with van der Waals surface area (Å²) in [6.45, 7) is 5.03. The second kappa shape index (κ2) is 11.3. The molecule has 9 nitrogen and oxygen atoms in total. The quantitative estimate of drug-likeness (QED) is 0.310. The molecule has 1 saturated heterocycles. The number of pyridine rings is 1. The maximum Gasteiger partial charge on any atom is 0.241 e. The van der Waals surface area contributed by atoms with Gasteiger partial charge in [0, 0.05) is 35.6 Å². The molecular weight excluding hydrogens is 531 g/mol. The zero-order valence-electron chi connectivity index (χ0n) is 21.1. The topological polar surface area (TPSA) is 105 Å². The van der Waals surface area contributed by atoms with Crippen LogP contribution >= 0.6 is 23.2 Å². The van der Waals surface area contributed by atoms with Crippen molar-refractivity contribution >= 4 is 45.8 Å². The Morgan fingerprint density at radius 1 is 1.16 bits per heavy atom. The first kappa shape index (κ1) is 26.5. The first-order chi connectivity index (χ1) is 18.4. The number of carbonyl (C=O) groups is 1. The van der Waals surface area contributed by atoms with E-state index in [-0.39, 0.29) is 17.7 Å². The number of ketones is 1. The van der Waals surface area contributed by atoms with E-state index in [1.807, 2.05) is 0 Å². The largest absolute Gasteiger partial charge is 0.495 e. The van der Waals surface area contributed by atoms with Gasteiger partial charge in [-0.2, -0.15) is 0 Å². The van der Waals surface area contributed by atoms with Gasteiger partial charge < -0.3 is 24.3 Å². The Bertz CT molecular complexity index is 1350. The molecule has 1 aromatic carbocycles. The van der Waals surface area contributed by atoms with Gasteiger partial charge in [-0.1, -0.05) is 29.8 Å². The zero-order valence-corrected chi connectivity index (χ0v) is 22.6. The van der Waals surface area contributed by atoms with E-state index in [1.54, 1.807) is 18.3 Å². The molecule has 3 aromatic rings. The summed E-state index contributed by atoms with van der Waals surface area (Å²) in [6, 6.07) is 3.32. The van der Waals surface area contributed by atoms with Gasteiger partial charge in [-0.25, -0.2) is 15.0 Å². The number of anilines is 1. The average Bonchev–Trinajstić information content (AvgIpc) is 3.66. The van der Waals surface area contributed by atoms with Crippen LogP contribution in [-0.4, -0.2) is 60.8 Å². The minimum Gasteiger partial charge on any atom is -0.495 e. The van der Waals surface area contributed by atoms with Crippen LogP contribution in [0.25, 0.3) is 22.2 Å². The Kier molecular flexibility index (Phi) is 7.88.